The van der Waals surface area contributed by atoms with Gasteiger partial charge in [0.2, 0.25) is 5.96 Å². The molecule has 2 rings (SSSR count). The molecule has 9 nitrogen and oxygen atoms in total. The summed E-state index contributed by atoms with van der Waals surface area (Å²) in [6.07, 6.45) is 1.34. The van der Waals surface area contributed by atoms with Gasteiger partial charge in [-0.05, 0) is 58.2 Å². The number of hydrogen-bond acceptors (Lipinski definition) is 4. The molecule has 1 aromatic carbocycles. The van der Waals surface area contributed by atoms with Crippen LogP contribution in [0.3, 0.4) is 0 Å². The number of amides is 1. The molecule has 0 radical (unpaired) electrons. The average molecular weight is 390 g/mol. The van der Waals surface area contributed by atoms with E-state index < -0.39 is 5.60 Å². The maximum absolute atomic E-state index is 12.2. The largest absolute Gasteiger partial charge is 0.444 e. The normalized spacial score (nSPS) is 15.9. The van der Waals surface area contributed by atoms with Crippen molar-refractivity contribution in [2.24, 2.45) is 27.2 Å². The van der Waals surface area contributed by atoms with Crippen LogP contribution >= 0.6 is 0 Å². The molecule has 0 saturated carbocycles. The van der Waals surface area contributed by atoms with Gasteiger partial charge in [-0.15, -0.1) is 0 Å². The third-order valence-corrected chi connectivity index (χ3v) is 4.14. The van der Waals surface area contributed by atoms with Gasteiger partial charge in [0.1, 0.15) is 5.60 Å². The van der Waals surface area contributed by atoms with Gasteiger partial charge >= 0.3 is 6.09 Å². The maximum Gasteiger partial charge on any atom is 0.410 e. The van der Waals surface area contributed by atoms with E-state index in [0.29, 0.717) is 18.8 Å². The summed E-state index contributed by atoms with van der Waals surface area (Å²) in [5.74, 6) is -0.149. The van der Waals surface area contributed by atoms with Crippen molar-refractivity contribution >= 4 is 29.4 Å². The molecule has 0 atom stereocenters. The van der Waals surface area contributed by atoms with Crippen molar-refractivity contribution in [2.45, 2.75) is 52.2 Å². The van der Waals surface area contributed by atoms with Crippen molar-refractivity contribution in [1.82, 2.24) is 4.90 Å². The van der Waals surface area contributed by atoms with Gasteiger partial charge in [0, 0.05) is 19.1 Å². The lowest BCUT2D eigenvalue weighted by Crippen LogP contribution is -2.44. The number of nitrogens with zero attached hydrogens (tertiary/aromatic N) is 3. The molecule has 0 aromatic heterocycles. The molecule has 0 unspecified atom stereocenters. The predicted molar refractivity (Wildman–Crippen MR) is 113 cm³/mol. The third kappa shape index (κ3) is 6.64. The van der Waals surface area contributed by atoms with E-state index in [9.17, 15) is 4.79 Å². The molecular weight excluding hydrogens is 358 g/mol. The summed E-state index contributed by atoms with van der Waals surface area (Å²) in [5, 5.41) is 3.50. The number of guanidine groups is 2. The molecular formula is C19H31N7O2. The number of anilines is 1. The summed E-state index contributed by atoms with van der Waals surface area (Å²) in [7, 11) is 0. The van der Waals surface area contributed by atoms with E-state index in [4.69, 9.17) is 21.9 Å². The Labute approximate surface area is 166 Å². The number of carbonyl (C=O) groups is 1. The molecule has 154 valence electrons. The number of aliphatic imine (C=N–C) groups is 2. The SMILES string of the molecule is Cc1ccc(N=C(N)N=C(N)N)c(NC2CCN(C(=O)OC(C)(C)C)CC2)c1. The van der Waals surface area contributed by atoms with Gasteiger partial charge < -0.3 is 32.2 Å². The highest BCUT2D eigenvalue weighted by Crippen LogP contribution is 2.29. The Morgan fingerprint density at radius 3 is 2.43 bits per heavy atom. The molecule has 1 amide bonds. The van der Waals surface area contributed by atoms with E-state index in [2.05, 4.69) is 15.3 Å². The minimum Gasteiger partial charge on any atom is -0.444 e. The van der Waals surface area contributed by atoms with Crippen LogP contribution in [0, 0.1) is 6.92 Å². The van der Waals surface area contributed by atoms with E-state index in [0.717, 1.165) is 24.1 Å². The van der Waals surface area contributed by atoms with Gasteiger partial charge in [0.25, 0.3) is 0 Å². The second kappa shape index (κ2) is 8.81. The minimum absolute atomic E-state index is 0.00773. The standard InChI is InChI=1S/C19H31N7O2/c1-12-5-6-14(24-17(22)25-16(20)21)15(11-12)23-13-7-9-26(10-8-13)18(27)28-19(2,3)4/h5-6,11,13,23H,7-10H2,1-4H3,(H6,20,21,22,24,25). The van der Waals surface area contributed by atoms with Crippen molar-refractivity contribution in [3.8, 4) is 0 Å². The molecule has 1 aliphatic heterocycles. The van der Waals surface area contributed by atoms with Crippen LogP contribution in [0.2, 0.25) is 0 Å². The fraction of sp³-hybridized carbons (Fsp3) is 0.526. The first-order chi connectivity index (χ1) is 13.0. The molecule has 1 aromatic rings. The zero-order valence-electron chi connectivity index (χ0n) is 17.0. The maximum atomic E-state index is 12.2. The van der Waals surface area contributed by atoms with E-state index in [1.54, 1.807) is 4.90 Å². The minimum atomic E-state index is -0.490. The zero-order valence-corrected chi connectivity index (χ0v) is 17.0. The Morgan fingerprint density at radius 1 is 1.21 bits per heavy atom. The van der Waals surface area contributed by atoms with Crippen LogP contribution in [0.5, 0.6) is 0 Å². The molecule has 0 aliphatic carbocycles. The zero-order chi connectivity index (χ0) is 20.9. The predicted octanol–water partition coefficient (Wildman–Crippen LogP) is 2.03. The Hall–Kier alpha value is -2.97. The summed E-state index contributed by atoms with van der Waals surface area (Å²) < 4.78 is 5.44. The number of hydrogen-bond donors (Lipinski definition) is 4. The summed E-state index contributed by atoms with van der Waals surface area (Å²) in [5.41, 5.74) is 18.6. The Bertz CT molecular complexity index is 756. The highest BCUT2D eigenvalue weighted by Gasteiger charge is 2.27. The molecule has 0 spiro atoms. The molecule has 0 bridgehead atoms. The van der Waals surface area contributed by atoms with Crippen LogP contribution < -0.4 is 22.5 Å². The summed E-state index contributed by atoms with van der Waals surface area (Å²) in [4.78, 5) is 22.0. The van der Waals surface area contributed by atoms with Crippen molar-refractivity contribution in [2.75, 3.05) is 18.4 Å². The smallest absolute Gasteiger partial charge is 0.410 e. The van der Waals surface area contributed by atoms with E-state index in [1.807, 2.05) is 45.9 Å². The molecule has 1 saturated heterocycles. The number of aryl methyl sites for hydroxylation is 1. The highest BCUT2D eigenvalue weighted by atomic mass is 16.6. The van der Waals surface area contributed by atoms with Crippen molar-refractivity contribution < 1.29 is 9.53 Å². The van der Waals surface area contributed by atoms with Crippen LogP contribution in [0.1, 0.15) is 39.2 Å². The number of nitrogens with one attached hydrogen (secondary N) is 1. The number of rotatable bonds is 3. The molecule has 28 heavy (non-hydrogen) atoms. The van der Waals surface area contributed by atoms with Crippen LogP contribution in [-0.4, -0.2) is 47.6 Å². The van der Waals surface area contributed by atoms with Gasteiger partial charge in [-0.2, -0.15) is 4.99 Å². The average Bonchev–Trinajstić information content (AvgIpc) is 2.55. The van der Waals surface area contributed by atoms with E-state index in [1.165, 1.54) is 0 Å². The molecule has 7 N–H and O–H groups in total. The van der Waals surface area contributed by atoms with Crippen molar-refractivity contribution in [1.29, 1.82) is 0 Å². The van der Waals surface area contributed by atoms with E-state index in [-0.39, 0.29) is 24.1 Å². The molecule has 1 heterocycles. The Kier molecular flexibility index (Phi) is 6.71. The Balaban J connectivity index is 2.04. The quantitative estimate of drug-likeness (QED) is 0.460. The van der Waals surface area contributed by atoms with Gasteiger partial charge in [0.15, 0.2) is 5.96 Å². The monoisotopic (exact) mass is 389 g/mol. The summed E-state index contributed by atoms with van der Waals surface area (Å²) >= 11 is 0. The second-order valence-electron chi connectivity index (χ2n) is 7.91. The van der Waals surface area contributed by atoms with Gasteiger partial charge in [-0.1, -0.05) is 6.07 Å². The first-order valence-corrected chi connectivity index (χ1v) is 9.32. The lowest BCUT2D eigenvalue weighted by atomic mass is 10.0. The van der Waals surface area contributed by atoms with Gasteiger partial charge in [-0.3, -0.25) is 0 Å². The first kappa shape index (κ1) is 21.3. The highest BCUT2D eigenvalue weighted by molar-refractivity contribution is 5.94. The van der Waals surface area contributed by atoms with Crippen molar-refractivity contribution in [3.63, 3.8) is 0 Å². The summed E-state index contributed by atoms with van der Waals surface area (Å²) in [6, 6.07) is 6.02. The van der Waals surface area contributed by atoms with Crippen LogP contribution in [0.25, 0.3) is 0 Å². The van der Waals surface area contributed by atoms with Gasteiger partial charge in [-0.25, -0.2) is 9.79 Å². The molecule has 9 heteroatoms. The topological polar surface area (TPSA) is 144 Å². The molecule has 1 aliphatic rings. The number of piperidine rings is 1. The number of carbonyl (C=O) groups excluding carboxylic acids is 1. The number of benzene rings is 1. The van der Waals surface area contributed by atoms with E-state index >= 15 is 0 Å². The fourth-order valence-corrected chi connectivity index (χ4v) is 2.90. The molecule has 1 fully saturated rings. The van der Waals surface area contributed by atoms with Gasteiger partial charge in [0.05, 0.1) is 11.4 Å². The van der Waals surface area contributed by atoms with Crippen LogP contribution in [-0.2, 0) is 4.74 Å². The third-order valence-electron chi connectivity index (χ3n) is 4.14. The fourth-order valence-electron chi connectivity index (χ4n) is 2.90. The lowest BCUT2D eigenvalue weighted by Gasteiger charge is -2.34. The Morgan fingerprint density at radius 2 is 1.86 bits per heavy atom. The summed E-state index contributed by atoms with van der Waals surface area (Å²) in [6.45, 7) is 8.87. The van der Waals surface area contributed by atoms with Crippen LogP contribution in [0.15, 0.2) is 28.2 Å². The number of ether oxygens (including phenoxy) is 1. The van der Waals surface area contributed by atoms with Crippen molar-refractivity contribution in [3.05, 3.63) is 23.8 Å². The number of likely N-dealkylation sites (tertiary alicyclic amines) is 1. The number of nitrogens with two attached hydrogens (primary N) is 3. The first-order valence-electron chi connectivity index (χ1n) is 9.32. The van der Waals surface area contributed by atoms with Crippen LogP contribution in [0.4, 0.5) is 16.2 Å². The second-order valence-corrected chi connectivity index (χ2v) is 7.91. The lowest BCUT2D eigenvalue weighted by molar-refractivity contribution is 0.0210.